The fourth-order valence-electron chi connectivity index (χ4n) is 5.01. The minimum absolute atomic E-state index is 0.543. The highest BCUT2D eigenvalue weighted by Crippen LogP contribution is 2.33. The lowest BCUT2D eigenvalue weighted by Crippen LogP contribution is -2.38. The molecular weight excluding hydrogens is 412 g/mol. The molecule has 172 valence electrons. The molecule has 0 aromatic carbocycles. The third-order valence-electron chi connectivity index (χ3n) is 6.95. The van der Waals surface area contributed by atoms with Crippen LogP contribution in [0.25, 0.3) is 16.6 Å². The van der Waals surface area contributed by atoms with E-state index in [2.05, 4.69) is 40.1 Å². The van der Waals surface area contributed by atoms with E-state index >= 15 is 0 Å². The van der Waals surface area contributed by atoms with Crippen molar-refractivity contribution in [3.8, 4) is 22.9 Å². The van der Waals surface area contributed by atoms with E-state index in [0.29, 0.717) is 12.2 Å². The summed E-state index contributed by atoms with van der Waals surface area (Å²) >= 11 is 0. The van der Waals surface area contributed by atoms with Gasteiger partial charge in [-0.2, -0.15) is 10.4 Å². The molecule has 0 bridgehead atoms. The van der Waals surface area contributed by atoms with Crippen molar-refractivity contribution in [1.82, 2.24) is 19.5 Å². The van der Waals surface area contributed by atoms with Crippen LogP contribution in [0.3, 0.4) is 0 Å². The number of hydrogen-bond acceptors (Lipinski definition) is 6. The zero-order chi connectivity index (χ0) is 22.8. The Bertz CT molecular complexity index is 1140. The monoisotopic (exact) mass is 444 g/mol. The lowest BCUT2D eigenvalue weighted by molar-refractivity contribution is 0.162. The van der Waals surface area contributed by atoms with Gasteiger partial charge in [-0.15, -0.1) is 0 Å². The van der Waals surface area contributed by atoms with Crippen LogP contribution in [-0.2, 0) is 0 Å². The molecule has 7 nitrogen and oxygen atoms in total. The molecule has 1 aliphatic heterocycles. The molecule has 0 N–H and O–H groups in total. The van der Waals surface area contributed by atoms with E-state index in [1.807, 2.05) is 25.4 Å². The van der Waals surface area contributed by atoms with Crippen molar-refractivity contribution >= 4 is 11.3 Å². The summed E-state index contributed by atoms with van der Waals surface area (Å²) < 4.78 is 7.44. The summed E-state index contributed by atoms with van der Waals surface area (Å²) in [5, 5.41) is 13.9. The summed E-state index contributed by atoms with van der Waals surface area (Å²) in [6.45, 7) is 6.10. The number of fused-ring (bicyclic) bond motifs is 1. The first-order valence-corrected chi connectivity index (χ1v) is 12.1. The average molecular weight is 445 g/mol. The maximum atomic E-state index is 9.54. The number of nitriles is 1. The van der Waals surface area contributed by atoms with E-state index in [-0.39, 0.29) is 0 Å². The fraction of sp³-hybridized carbons (Fsp3) is 0.500. The Kier molecular flexibility index (Phi) is 6.19. The maximum absolute atomic E-state index is 9.54. The zero-order valence-electron chi connectivity index (χ0n) is 19.6. The van der Waals surface area contributed by atoms with Crippen LogP contribution in [0.2, 0.25) is 0 Å². The predicted molar refractivity (Wildman–Crippen MR) is 130 cm³/mol. The number of nitrogens with zero attached hydrogens (tertiary/aromatic N) is 6. The molecule has 0 unspecified atom stereocenters. The van der Waals surface area contributed by atoms with Crippen LogP contribution >= 0.6 is 0 Å². The number of piperidine rings is 1. The third-order valence-corrected chi connectivity index (χ3v) is 6.95. The summed E-state index contributed by atoms with van der Waals surface area (Å²) in [4.78, 5) is 9.72. The molecule has 1 aliphatic carbocycles. The fourth-order valence-corrected chi connectivity index (χ4v) is 5.01. The number of aromatic nitrogens is 3. The van der Waals surface area contributed by atoms with Gasteiger partial charge in [0, 0.05) is 43.5 Å². The SMILES string of the molecule is CCOc1cc(-c2ccc(N(C)CC[C@H]3CCCN(C4CC4)C3)nc2)c2c(C#N)cnn2c1. The van der Waals surface area contributed by atoms with Crippen molar-refractivity contribution in [1.29, 1.82) is 5.26 Å². The predicted octanol–water partition coefficient (Wildman–Crippen LogP) is 4.37. The second kappa shape index (κ2) is 9.40. The van der Waals surface area contributed by atoms with Crippen LogP contribution in [0, 0.1) is 17.2 Å². The van der Waals surface area contributed by atoms with Gasteiger partial charge in [-0.25, -0.2) is 9.50 Å². The van der Waals surface area contributed by atoms with Gasteiger partial charge in [-0.05, 0) is 69.7 Å². The Morgan fingerprint density at radius 3 is 2.85 bits per heavy atom. The third kappa shape index (κ3) is 4.67. The maximum Gasteiger partial charge on any atom is 0.138 e. The molecule has 0 radical (unpaired) electrons. The second-order valence-corrected chi connectivity index (χ2v) is 9.34. The van der Waals surface area contributed by atoms with E-state index < -0.39 is 0 Å². The largest absolute Gasteiger partial charge is 0.492 e. The molecule has 5 rings (SSSR count). The van der Waals surface area contributed by atoms with Crippen molar-refractivity contribution in [2.75, 3.05) is 38.2 Å². The lowest BCUT2D eigenvalue weighted by atomic mass is 9.94. The van der Waals surface area contributed by atoms with Gasteiger partial charge in [0.25, 0.3) is 0 Å². The van der Waals surface area contributed by atoms with Gasteiger partial charge >= 0.3 is 0 Å². The smallest absolute Gasteiger partial charge is 0.138 e. The van der Waals surface area contributed by atoms with Gasteiger partial charge in [0.15, 0.2) is 0 Å². The van der Waals surface area contributed by atoms with Crippen LogP contribution in [-0.4, -0.2) is 58.8 Å². The van der Waals surface area contributed by atoms with E-state index in [1.54, 1.807) is 10.7 Å². The number of rotatable bonds is 8. The minimum atomic E-state index is 0.543. The number of likely N-dealkylation sites (tertiary alicyclic amines) is 1. The van der Waals surface area contributed by atoms with Gasteiger partial charge in [0.1, 0.15) is 17.6 Å². The van der Waals surface area contributed by atoms with Gasteiger partial charge in [0.05, 0.1) is 30.1 Å². The minimum Gasteiger partial charge on any atom is -0.492 e. The van der Waals surface area contributed by atoms with E-state index in [9.17, 15) is 5.26 Å². The number of anilines is 1. The summed E-state index contributed by atoms with van der Waals surface area (Å²) in [5.41, 5.74) is 3.17. The Morgan fingerprint density at radius 1 is 1.24 bits per heavy atom. The highest BCUT2D eigenvalue weighted by atomic mass is 16.5. The van der Waals surface area contributed by atoms with Gasteiger partial charge < -0.3 is 14.5 Å². The summed E-state index contributed by atoms with van der Waals surface area (Å²) in [6, 6.07) is 9.24. The molecule has 1 atom stereocenters. The molecule has 33 heavy (non-hydrogen) atoms. The quantitative estimate of drug-likeness (QED) is 0.514. The molecule has 7 heteroatoms. The molecule has 0 spiro atoms. The average Bonchev–Trinajstić information content (AvgIpc) is 3.62. The first kappa shape index (κ1) is 21.7. The van der Waals surface area contributed by atoms with Crippen molar-refractivity contribution < 1.29 is 4.74 Å². The Labute approximate surface area is 195 Å². The highest BCUT2D eigenvalue weighted by Gasteiger charge is 2.32. The topological polar surface area (TPSA) is 69.7 Å². The summed E-state index contributed by atoms with van der Waals surface area (Å²) in [6.07, 6.45) is 12.0. The normalized spacial score (nSPS) is 18.9. The van der Waals surface area contributed by atoms with Crippen molar-refractivity contribution in [3.63, 3.8) is 0 Å². The summed E-state index contributed by atoms with van der Waals surface area (Å²) in [7, 11) is 2.13. The van der Waals surface area contributed by atoms with Crippen LogP contribution in [0.15, 0.2) is 36.8 Å². The van der Waals surface area contributed by atoms with Crippen LogP contribution in [0.5, 0.6) is 5.75 Å². The molecule has 3 aromatic rings. The Morgan fingerprint density at radius 2 is 2.12 bits per heavy atom. The van der Waals surface area contributed by atoms with E-state index in [4.69, 9.17) is 9.72 Å². The molecule has 2 aliphatic rings. The Balaban J connectivity index is 1.30. The molecule has 3 aromatic heterocycles. The number of ether oxygens (including phenoxy) is 1. The molecule has 4 heterocycles. The van der Waals surface area contributed by atoms with Crippen LogP contribution in [0.1, 0.15) is 44.6 Å². The highest BCUT2D eigenvalue weighted by molar-refractivity contribution is 5.85. The standard InChI is InChI=1S/C26H32N6O/c1-3-33-23-13-24(26-21(14-27)16-29-32(26)18-23)20-6-9-25(28-15-20)30(2)12-10-19-5-4-11-31(17-19)22-7-8-22/h6,9,13,15-16,18-19,22H,3-5,7-8,10-12,17H2,1-2H3/t19-/m1/s1. The second-order valence-electron chi connectivity index (χ2n) is 9.34. The van der Waals surface area contributed by atoms with Crippen molar-refractivity contribution in [3.05, 3.63) is 42.4 Å². The molecule has 2 fully saturated rings. The lowest BCUT2D eigenvalue weighted by Gasteiger charge is -2.33. The van der Waals surface area contributed by atoms with Crippen molar-refractivity contribution in [2.24, 2.45) is 5.92 Å². The van der Waals surface area contributed by atoms with Crippen molar-refractivity contribution in [2.45, 2.75) is 45.1 Å². The first-order chi connectivity index (χ1) is 16.2. The van der Waals surface area contributed by atoms with Gasteiger partial charge in [0.2, 0.25) is 0 Å². The van der Waals surface area contributed by atoms with Gasteiger partial charge in [-0.3, -0.25) is 0 Å². The Hall–Kier alpha value is -3.11. The van der Waals surface area contributed by atoms with E-state index in [1.165, 1.54) is 45.2 Å². The molecular formula is C26H32N6O. The van der Waals surface area contributed by atoms with Gasteiger partial charge in [-0.1, -0.05) is 0 Å². The number of hydrogen-bond donors (Lipinski definition) is 0. The molecule has 1 saturated carbocycles. The number of pyridine rings is 2. The van der Waals surface area contributed by atoms with Crippen LogP contribution in [0.4, 0.5) is 5.82 Å². The zero-order valence-corrected chi connectivity index (χ0v) is 19.6. The molecule has 1 saturated heterocycles. The summed E-state index contributed by atoms with van der Waals surface area (Å²) in [5.74, 6) is 2.49. The van der Waals surface area contributed by atoms with E-state index in [0.717, 1.165) is 46.7 Å². The molecule has 0 amide bonds. The first-order valence-electron chi connectivity index (χ1n) is 12.1. The van der Waals surface area contributed by atoms with Crippen LogP contribution < -0.4 is 9.64 Å².